The van der Waals surface area contributed by atoms with Crippen molar-refractivity contribution in [2.75, 3.05) is 27.2 Å². The highest BCUT2D eigenvalue weighted by molar-refractivity contribution is 5.80. The first-order chi connectivity index (χ1) is 10.0. The first-order valence-corrected chi connectivity index (χ1v) is 6.58. The number of hydrogen-bond donors (Lipinski definition) is 1. The Labute approximate surface area is 121 Å². The molecule has 0 bridgehead atoms. The Hall–Kier alpha value is -1.89. The molecule has 0 spiro atoms. The van der Waals surface area contributed by atoms with Gasteiger partial charge in [-0.05, 0) is 17.7 Å². The van der Waals surface area contributed by atoms with Crippen LogP contribution in [0.15, 0.2) is 18.2 Å². The highest BCUT2D eigenvalue weighted by Gasteiger charge is 2.27. The SMILES string of the molecule is COc1ccc(CN(C)C(=O)C2CNC2)cc1OC(F)F. The molecule has 5 nitrogen and oxygen atoms in total. The van der Waals surface area contributed by atoms with Gasteiger partial charge >= 0.3 is 6.61 Å². The van der Waals surface area contributed by atoms with E-state index in [1.807, 2.05) is 0 Å². The molecular formula is C14H18F2N2O3. The standard InChI is InChI=1S/C14H18F2N2O3/c1-18(13(19)10-6-17-7-10)8-9-3-4-11(20-2)12(5-9)21-14(15)16/h3-5,10,14,17H,6-8H2,1-2H3. The van der Waals surface area contributed by atoms with E-state index in [9.17, 15) is 13.6 Å². The van der Waals surface area contributed by atoms with Gasteiger partial charge in [0.25, 0.3) is 0 Å². The first-order valence-electron chi connectivity index (χ1n) is 6.58. The summed E-state index contributed by atoms with van der Waals surface area (Å²) < 4.78 is 34.1. The number of nitrogens with one attached hydrogen (secondary N) is 1. The lowest BCUT2D eigenvalue weighted by molar-refractivity contribution is -0.136. The largest absolute Gasteiger partial charge is 0.493 e. The van der Waals surface area contributed by atoms with E-state index in [4.69, 9.17) is 4.74 Å². The zero-order valence-electron chi connectivity index (χ0n) is 11.9. The van der Waals surface area contributed by atoms with E-state index < -0.39 is 6.61 Å². The maximum absolute atomic E-state index is 12.4. The van der Waals surface area contributed by atoms with E-state index in [0.717, 1.165) is 0 Å². The molecule has 1 N–H and O–H groups in total. The predicted molar refractivity (Wildman–Crippen MR) is 72.5 cm³/mol. The molecule has 1 amide bonds. The van der Waals surface area contributed by atoms with Crippen LogP contribution >= 0.6 is 0 Å². The average molecular weight is 300 g/mol. The molecule has 1 fully saturated rings. The summed E-state index contributed by atoms with van der Waals surface area (Å²) in [4.78, 5) is 13.6. The molecular weight excluding hydrogens is 282 g/mol. The number of carbonyl (C=O) groups is 1. The van der Waals surface area contributed by atoms with Gasteiger partial charge < -0.3 is 19.7 Å². The Bertz CT molecular complexity index is 507. The molecule has 0 atom stereocenters. The van der Waals surface area contributed by atoms with Gasteiger partial charge in [-0.25, -0.2) is 0 Å². The molecule has 1 aromatic carbocycles. The Morgan fingerprint density at radius 1 is 1.43 bits per heavy atom. The molecule has 0 unspecified atom stereocenters. The second kappa shape index (κ2) is 6.71. The molecule has 21 heavy (non-hydrogen) atoms. The lowest BCUT2D eigenvalue weighted by Crippen LogP contribution is -2.50. The van der Waals surface area contributed by atoms with E-state index in [0.29, 0.717) is 25.2 Å². The second-order valence-electron chi connectivity index (χ2n) is 4.91. The summed E-state index contributed by atoms with van der Waals surface area (Å²) in [6.45, 7) is -1.22. The Morgan fingerprint density at radius 3 is 2.67 bits per heavy atom. The van der Waals surface area contributed by atoms with Crippen LogP contribution in [-0.2, 0) is 11.3 Å². The zero-order chi connectivity index (χ0) is 15.4. The third-order valence-electron chi connectivity index (χ3n) is 3.37. The summed E-state index contributed by atoms with van der Waals surface area (Å²) in [6.07, 6.45) is 0. The van der Waals surface area contributed by atoms with Crippen molar-refractivity contribution in [3.8, 4) is 11.5 Å². The Kier molecular flexibility index (Phi) is 4.95. The normalized spacial score (nSPS) is 14.7. The van der Waals surface area contributed by atoms with Crippen LogP contribution in [0.3, 0.4) is 0 Å². The summed E-state index contributed by atoms with van der Waals surface area (Å²) in [5.74, 6) is 0.248. The minimum Gasteiger partial charge on any atom is -0.493 e. The molecule has 1 saturated heterocycles. The monoisotopic (exact) mass is 300 g/mol. The summed E-state index contributed by atoms with van der Waals surface area (Å²) >= 11 is 0. The maximum Gasteiger partial charge on any atom is 0.387 e. The summed E-state index contributed by atoms with van der Waals surface area (Å²) in [5.41, 5.74) is 0.703. The van der Waals surface area contributed by atoms with Gasteiger partial charge in [-0.1, -0.05) is 6.07 Å². The number of nitrogens with zero attached hydrogens (tertiary/aromatic N) is 1. The number of halogens is 2. The number of carbonyl (C=O) groups excluding carboxylic acids is 1. The van der Waals surface area contributed by atoms with Crippen molar-refractivity contribution in [1.29, 1.82) is 0 Å². The third-order valence-corrected chi connectivity index (χ3v) is 3.37. The fourth-order valence-electron chi connectivity index (χ4n) is 2.13. The van der Waals surface area contributed by atoms with Crippen LogP contribution in [-0.4, -0.2) is 44.7 Å². The number of amides is 1. The molecule has 0 radical (unpaired) electrons. The Morgan fingerprint density at radius 2 is 2.14 bits per heavy atom. The van der Waals surface area contributed by atoms with Crippen molar-refractivity contribution < 1.29 is 23.0 Å². The van der Waals surface area contributed by atoms with Crippen LogP contribution in [0.1, 0.15) is 5.56 Å². The van der Waals surface area contributed by atoms with Gasteiger partial charge in [0.2, 0.25) is 5.91 Å². The van der Waals surface area contributed by atoms with Crippen LogP contribution in [0.5, 0.6) is 11.5 Å². The van der Waals surface area contributed by atoms with Crippen molar-refractivity contribution in [2.24, 2.45) is 5.92 Å². The van der Waals surface area contributed by atoms with Crippen molar-refractivity contribution in [1.82, 2.24) is 10.2 Å². The molecule has 1 aliphatic rings. The van der Waals surface area contributed by atoms with Crippen LogP contribution in [0, 0.1) is 5.92 Å². The van der Waals surface area contributed by atoms with Crippen molar-refractivity contribution >= 4 is 5.91 Å². The topological polar surface area (TPSA) is 50.8 Å². The summed E-state index contributed by atoms with van der Waals surface area (Å²) in [5, 5.41) is 3.04. The zero-order valence-corrected chi connectivity index (χ0v) is 11.9. The molecule has 7 heteroatoms. The van der Waals surface area contributed by atoms with Crippen molar-refractivity contribution in [2.45, 2.75) is 13.2 Å². The van der Waals surface area contributed by atoms with Gasteiger partial charge in [-0.2, -0.15) is 8.78 Å². The number of benzene rings is 1. The van der Waals surface area contributed by atoms with Gasteiger partial charge in [0, 0.05) is 26.7 Å². The molecule has 1 aromatic rings. The number of rotatable bonds is 6. The fourth-order valence-corrected chi connectivity index (χ4v) is 2.13. The predicted octanol–water partition coefficient (Wildman–Crippen LogP) is 1.47. The van der Waals surface area contributed by atoms with Gasteiger partial charge in [0.05, 0.1) is 13.0 Å². The van der Waals surface area contributed by atoms with E-state index in [1.165, 1.54) is 13.2 Å². The first kappa shape index (κ1) is 15.5. The average Bonchev–Trinajstić information content (AvgIpc) is 2.36. The van der Waals surface area contributed by atoms with Crippen LogP contribution in [0.4, 0.5) is 8.78 Å². The Balaban J connectivity index is 2.06. The highest BCUT2D eigenvalue weighted by Crippen LogP contribution is 2.30. The third kappa shape index (κ3) is 3.81. The molecule has 2 rings (SSSR count). The van der Waals surface area contributed by atoms with E-state index in [1.54, 1.807) is 24.1 Å². The molecule has 1 aliphatic heterocycles. The van der Waals surface area contributed by atoms with Crippen molar-refractivity contribution in [3.05, 3.63) is 23.8 Å². The molecule has 0 aromatic heterocycles. The summed E-state index contributed by atoms with van der Waals surface area (Å²) in [7, 11) is 3.07. The fraction of sp³-hybridized carbons (Fsp3) is 0.500. The van der Waals surface area contributed by atoms with E-state index in [2.05, 4.69) is 10.1 Å². The smallest absolute Gasteiger partial charge is 0.387 e. The minimum absolute atomic E-state index is 0.00466. The molecule has 0 saturated carbocycles. The highest BCUT2D eigenvalue weighted by atomic mass is 19.3. The second-order valence-corrected chi connectivity index (χ2v) is 4.91. The van der Waals surface area contributed by atoms with Gasteiger partial charge in [-0.15, -0.1) is 0 Å². The van der Waals surface area contributed by atoms with Crippen molar-refractivity contribution in [3.63, 3.8) is 0 Å². The van der Waals surface area contributed by atoms with Gasteiger partial charge in [0.15, 0.2) is 11.5 Å². The van der Waals surface area contributed by atoms with Crippen LogP contribution in [0.25, 0.3) is 0 Å². The van der Waals surface area contributed by atoms with Crippen LogP contribution < -0.4 is 14.8 Å². The van der Waals surface area contributed by atoms with Gasteiger partial charge in [0.1, 0.15) is 0 Å². The number of alkyl halides is 2. The number of ether oxygens (including phenoxy) is 2. The number of methoxy groups -OCH3 is 1. The number of hydrogen-bond acceptors (Lipinski definition) is 4. The quantitative estimate of drug-likeness (QED) is 0.864. The summed E-state index contributed by atoms with van der Waals surface area (Å²) in [6, 6.07) is 4.74. The van der Waals surface area contributed by atoms with E-state index >= 15 is 0 Å². The maximum atomic E-state index is 12.4. The van der Waals surface area contributed by atoms with Gasteiger partial charge in [-0.3, -0.25) is 4.79 Å². The minimum atomic E-state index is -2.92. The molecule has 0 aliphatic carbocycles. The lowest BCUT2D eigenvalue weighted by atomic mass is 10.0. The van der Waals surface area contributed by atoms with E-state index in [-0.39, 0.29) is 23.3 Å². The molecule has 1 heterocycles. The lowest BCUT2D eigenvalue weighted by Gasteiger charge is -2.30. The molecule has 116 valence electrons. The van der Waals surface area contributed by atoms with Crippen LogP contribution in [0.2, 0.25) is 0 Å².